The average Bonchev–Trinajstić information content (AvgIpc) is 2.61. The zero-order valence-corrected chi connectivity index (χ0v) is 15.1. The smallest absolute Gasteiger partial charge is 0.241 e. The van der Waals surface area contributed by atoms with Crippen LogP contribution in [-0.2, 0) is 14.8 Å². The van der Waals surface area contributed by atoms with Gasteiger partial charge in [-0.2, -0.15) is 0 Å². The van der Waals surface area contributed by atoms with Crippen molar-refractivity contribution in [1.29, 1.82) is 0 Å². The number of benzene rings is 2. The molecule has 0 saturated heterocycles. The minimum Gasteiger partial charge on any atom is -0.299 e. The van der Waals surface area contributed by atoms with Crippen LogP contribution in [0.15, 0.2) is 59.5 Å². The van der Waals surface area contributed by atoms with Crippen molar-refractivity contribution in [3.8, 4) is 0 Å². The lowest BCUT2D eigenvalue weighted by molar-refractivity contribution is -0.125. The summed E-state index contributed by atoms with van der Waals surface area (Å²) in [5.74, 6) is -0.164. The van der Waals surface area contributed by atoms with Gasteiger partial charge in [0.15, 0.2) is 0 Å². The fourth-order valence-electron chi connectivity index (χ4n) is 3.36. The molecule has 2 atom stereocenters. The lowest BCUT2D eigenvalue weighted by Crippen LogP contribution is -2.38. The van der Waals surface area contributed by atoms with Crippen molar-refractivity contribution in [2.45, 2.75) is 43.5 Å². The van der Waals surface area contributed by atoms with Gasteiger partial charge in [0, 0.05) is 12.3 Å². The van der Waals surface area contributed by atoms with Crippen LogP contribution >= 0.6 is 0 Å². The first kappa shape index (κ1) is 17.8. The van der Waals surface area contributed by atoms with E-state index in [0.29, 0.717) is 6.42 Å². The number of carbonyl (C=O) groups is 1. The summed E-state index contributed by atoms with van der Waals surface area (Å²) in [6.07, 6.45) is 3.09. The van der Waals surface area contributed by atoms with Crippen molar-refractivity contribution >= 4 is 15.8 Å². The number of hydrogen-bond donors (Lipinski definition) is 1. The van der Waals surface area contributed by atoms with Crippen molar-refractivity contribution in [2.75, 3.05) is 0 Å². The number of carbonyl (C=O) groups excluding carboxylic acids is 1. The predicted octanol–water partition coefficient (Wildman–Crippen LogP) is 3.77. The van der Waals surface area contributed by atoms with E-state index < -0.39 is 16.1 Å². The molecule has 1 N–H and O–H groups in total. The molecule has 3 rings (SSSR count). The highest BCUT2D eigenvalue weighted by Gasteiger charge is 2.34. The van der Waals surface area contributed by atoms with Gasteiger partial charge in [0.1, 0.15) is 5.78 Å². The maximum atomic E-state index is 12.9. The van der Waals surface area contributed by atoms with Gasteiger partial charge in [0.25, 0.3) is 0 Å². The Morgan fingerprint density at radius 3 is 2.32 bits per heavy atom. The molecule has 0 bridgehead atoms. The first-order valence-electron chi connectivity index (χ1n) is 8.64. The first-order valence-corrected chi connectivity index (χ1v) is 10.1. The largest absolute Gasteiger partial charge is 0.299 e. The van der Waals surface area contributed by atoms with Crippen LogP contribution < -0.4 is 4.72 Å². The van der Waals surface area contributed by atoms with E-state index in [1.165, 1.54) is 0 Å². The third kappa shape index (κ3) is 4.17. The van der Waals surface area contributed by atoms with Crippen molar-refractivity contribution in [1.82, 2.24) is 4.72 Å². The van der Waals surface area contributed by atoms with E-state index in [1.54, 1.807) is 24.3 Å². The van der Waals surface area contributed by atoms with Gasteiger partial charge >= 0.3 is 0 Å². The molecular formula is C20H23NO3S. The number of hydrogen-bond acceptors (Lipinski definition) is 3. The molecule has 1 fully saturated rings. The van der Waals surface area contributed by atoms with E-state index in [-0.39, 0.29) is 16.6 Å². The Balaban J connectivity index is 1.94. The van der Waals surface area contributed by atoms with Gasteiger partial charge in [-0.3, -0.25) is 4.79 Å². The molecule has 25 heavy (non-hydrogen) atoms. The molecule has 5 heteroatoms. The van der Waals surface area contributed by atoms with Gasteiger partial charge < -0.3 is 0 Å². The predicted molar refractivity (Wildman–Crippen MR) is 97.6 cm³/mol. The van der Waals surface area contributed by atoms with Crippen molar-refractivity contribution in [2.24, 2.45) is 5.92 Å². The van der Waals surface area contributed by atoms with Crippen LogP contribution in [0.25, 0.3) is 0 Å². The number of aryl methyl sites for hydroxylation is 1. The summed E-state index contributed by atoms with van der Waals surface area (Å²) in [6.45, 7) is 1.91. The van der Waals surface area contributed by atoms with Crippen molar-refractivity contribution in [3.05, 3.63) is 65.7 Å². The molecule has 0 unspecified atom stereocenters. The Morgan fingerprint density at radius 2 is 1.68 bits per heavy atom. The molecule has 132 valence electrons. The van der Waals surface area contributed by atoms with Gasteiger partial charge in [0.2, 0.25) is 10.0 Å². The third-order valence-electron chi connectivity index (χ3n) is 4.78. The molecule has 1 aliphatic rings. The number of nitrogens with one attached hydrogen (secondary N) is 1. The molecular weight excluding hydrogens is 334 g/mol. The molecule has 4 nitrogen and oxygen atoms in total. The molecule has 2 aromatic carbocycles. The van der Waals surface area contributed by atoms with Crippen LogP contribution in [0.5, 0.6) is 0 Å². The summed E-state index contributed by atoms with van der Waals surface area (Å²) in [5, 5.41) is 0. The second-order valence-electron chi connectivity index (χ2n) is 6.64. The van der Waals surface area contributed by atoms with Gasteiger partial charge in [-0.05, 0) is 37.5 Å². The third-order valence-corrected chi connectivity index (χ3v) is 6.23. The Bertz CT molecular complexity index is 829. The summed E-state index contributed by atoms with van der Waals surface area (Å²) in [7, 11) is -3.70. The van der Waals surface area contributed by atoms with Crippen molar-refractivity contribution < 1.29 is 13.2 Å². The molecule has 0 heterocycles. The maximum absolute atomic E-state index is 12.9. The number of ketones is 1. The molecule has 0 spiro atoms. The number of sulfonamides is 1. The van der Waals surface area contributed by atoms with E-state index in [1.807, 2.05) is 37.3 Å². The molecule has 2 aromatic rings. The van der Waals surface area contributed by atoms with E-state index in [4.69, 9.17) is 0 Å². The number of rotatable bonds is 5. The quantitative estimate of drug-likeness (QED) is 0.886. The Morgan fingerprint density at radius 1 is 1.00 bits per heavy atom. The summed E-state index contributed by atoms with van der Waals surface area (Å²) in [6, 6.07) is 15.6. The SMILES string of the molecule is Cc1ccc(S(=O)(=O)N[C@H](c2ccccc2)[C@H]2CCCCC2=O)cc1. The molecule has 0 radical (unpaired) electrons. The van der Waals surface area contributed by atoms with Gasteiger partial charge in [-0.15, -0.1) is 0 Å². The molecule has 1 saturated carbocycles. The topological polar surface area (TPSA) is 63.2 Å². The van der Waals surface area contributed by atoms with E-state index in [2.05, 4.69) is 4.72 Å². The fraction of sp³-hybridized carbons (Fsp3) is 0.350. The summed E-state index contributed by atoms with van der Waals surface area (Å²) in [4.78, 5) is 12.7. The Hall–Kier alpha value is -1.98. The highest BCUT2D eigenvalue weighted by Crippen LogP contribution is 2.33. The van der Waals surface area contributed by atoms with Crippen molar-refractivity contribution in [3.63, 3.8) is 0 Å². The normalized spacial score (nSPS) is 19.6. The summed E-state index contributed by atoms with van der Waals surface area (Å²) >= 11 is 0. The molecule has 1 aliphatic carbocycles. The van der Waals surface area contributed by atoms with Gasteiger partial charge in [-0.25, -0.2) is 13.1 Å². The van der Waals surface area contributed by atoms with Crippen LogP contribution in [0.1, 0.15) is 42.9 Å². The monoisotopic (exact) mass is 357 g/mol. The van der Waals surface area contributed by atoms with Crippen LogP contribution in [0.3, 0.4) is 0 Å². The summed E-state index contributed by atoms with van der Waals surface area (Å²) in [5.41, 5.74) is 1.83. The van der Waals surface area contributed by atoms with Gasteiger partial charge in [0.05, 0.1) is 10.9 Å². The average molecular weight is 357 g/mol. The molecule has 0 amide bonds. The Labute approximate surface area is 149 Å². The number of Topliss-reactive ketones (excluding diaryl/α,β-unsaturated/α-hetero) is 1. The van der Waals surface area contributed by atoms with E-state index in [9.17, 15) is 13.2 Å². The zero-order chi connectivity index (χ0) is 17.9. The highest BCUT2D eigenvalue weighted by atomic mass is 32.2. The lowest BCUT2D eigenvalue weighted by Gasteiger charge is -2.30. The second-order valence-corrected chi connectivity index (χ2v) is 8.36. The van der Waals surface area contributed by atoms with Gasteiger partial charge in [-0.1, -0.05) is 54.4 Å². The molecule has 0 aromatic heterocycles. The van der Waals surface area contributed by atoms with E-state index >= 15 is 0 Å². The zero-order valence-electron chi connectivity index (χ0n) is 14.3. The van der Waals surface area contributed by atoms with Crippen LogP contribution in [0, 0.1) is 12.8 Å². The fourth-order valence-corrected chi connectivity index (χ4v) is 4.62. The van der Waals surface area contributed by atoms with Crippen LogP contribution in [0.2, 0.25) is 0 Å². The minimum absolute atomic E-state index is 0.145. The molecule has 0 aliphatic heterocycles. The first-order chi connectivity index (χ1) is 12.0. The summed E-state index contributed by atoms with van der Waals surface area (Å²) < 4.78 is 28.5. The van der Waals surface area contributed by atoms with Crippen LogP contribution in [0.4, 0.5) is 0 Å². The van der Waals surface area contributed by atoms with E-state index in [0.717, 1.165) is 30.4 Å². The standard InChI is InChI=1S/C20H23NO3S/c1-15-11-13-17(14-12-15)25(23,24)21-20(16-7-3-2-4-8-16)18-9-5-6-10-19(18)22/h2-4,7-8,11-14,18,20-21H,5-6,9-10H2,1H3/t18-,20+/m0/s1. The maximum Gasteiger partial charge on any atom is 0.241 e. The van der Waals surface area contributed by atoms with Crippen LogP contribution in [-0.4, -0.2) is 14.2 Å². The lowest BCUT2D eigenvalue weighted by atomic mass is 9.80. The highest BCUT2D eigenvalue weighted by molar-refractivity contribution is 7.89. The second kappa shape index (κ2) is 7.50. The Kier molecular flexibility index (Phi) is 5.35. The minimum atomic E-state index is -3.70.